The van der Waals surface area contributed by atoms with Gasteiger partial charge in [-0.15, -0.1) is 0 Å². The van der Waals surface area contributed by atoms with Crippen LogP contribution in [-0.4, -0.2) is 53.8 Å². The lowest BCUT2D eigenvalue weighted by molar-refractivity contribution is -0.157. The lowest BCUT2D eigenvalue weighted by Gasteiger charge is -2.32. The molecule has 1 aromatic heterocycles. The number of carbonyl (C=O) groups excluding carboxylic acids is 2. The van der Waals surface area contributed by atoms with Gasteiger partial charge in [0.1, 0.15) is 29.7 Å². The zero-order valence-corrected chi connectivity index (χ0v) is 21.7. The second-order valence-corrected chi connectivity index (χ2v) is 11.2. The largest absolute Gasteiger partial charge is 0.497 e. The van der Waals surface area contributed by atoms with Gasteiger partial charge < -0.3 is 23.3 Å². The van der Waals surface area contributed by atoms with Crippen molar-refractivity contribution in [2.45, 2.75) is 83.7 Å². The first kappa shape index (κ1) is 26.2. The molecule has 2 aromatic rings. The first-order valence-corrected chi connectivity index (χ1v) is 11.9. The van der Waals surface area contributed by atoms with Crippen molar-refractivity contribution < 1.29 is 37.3 Å². The summed E-state index contributed by atoms with van der Waals surface area (Å²) in [6.45, 7) is 13.0. The van der Waals surface area contributed by atoms with Crippen molar-refractivity contribution in [3.05, 3.63) is 42.0 Å². The van der Waals surface area contributed by atoms with Crippen LogP contribution in [0.2, 0.25) is 0 Å². The Hall–Kier alpha value is -2.92. The number of nitrogens with zero attached hydrogens (tertiary/aromatic N) is 2. The summed E-state index contributed by atoms with van der Waals surface area (Å²) in [7, 11) is -0.862. The van der Waals surface area contributed by atoms with Gasteiger partial charge >= 0.3 is 19.2 Å². The zero-order chi connectivity index (χ0) is 26.5. The summed E-state index contributed by atoms with van der Waals surface area (Å²) in [6.07, 6.45) is 0.228. The fourth-order valence-corrected chi connectivity index (χ4v) is 4.08. The molecule has 36 heavy (non-hydrogen) atoms. The second kappa shape index (κ2) is 9.19. The maximum atomic E-state index is 15.1. The van der Waals surface area contributed by atoms with Crippen molar-refractivity contribution in [2.75, 3.05) is 11.4 Å². The second-order valence-electron chi connectivity index (χ2n) is 11.2. The molecule has 0 aliphatic carbocycles. The van der Waals surface area contributed by atoms with Crippen molar-refractivity contribution in [1.29, 1.82) is 0 Å². The number of amides is 1. The van der Waals surface area contributed by atoms with Crippen molar-refractivity contribution in [1.82, 2.24) is 5.16 Å². The van der Waals surface area contributed by atoms with Crippen molar-refractivity contribution in [2.24, 2.45) is 0 Å². The predicted octanol–water partition coefficient (Wildman–Crippen LogP) is 3.95. The Labute approximate surface area is 210 Å². The monoisotopic (exact) mass is 502 g/mol. The number of anilines is 1. The highest BCUT2D eigenvalue weighted by Crippen LogP contribution is 2.37. The minimum Gasteiger partial charge on any atom is -0.459 e. The molecule has 2 fully saturated rings. The summed E-state index contributed by atoms with van der Waals surface area (Å²) < 4.78 is 43.0. The number of hydrogen-bond acceptors (Lipinski definition) is 8. The minimum atomic E-state index is -0.862. The Morgan fingerprint density at radius 1 is 1.22 bits per heavy atom. The lowest BCUT2D eigenvalue weighted by Crippen LogP contribution is -2.41. The van der Waals surface area contributed by atoms with Crippen molar-refractivity contribution in [3.63, 3.8) is 0 Å². The van der Waals surface area contributed by atoms with Crippen LogP contribution in [0.1, 0.15) is 66.5 Å². The zero-order valence-electron chi connectivity index (χ0n) is 21.7. The maximum Gasteiger partial charge on any atom is 0.497 e. The summed E-state index contributed by atoms with van der Waals surface area (Å²) in [5, 5.41) is 3.88. The third-order valence-corrected chi connectivity index (χ3v) is 6.68. The van der Waals surface area contributed by atoms with Crippen LogP contribution in [0.4, 0.5) is 14.9 Å². The number of carbonyl (C=O) groups is 2. The van der Waals surface area contributed by atoms with E-state index < -0.39 is 53.8 Å². The molecule has 3 heterocycles. The number of esters is 1. The Bertz CT molecular complexity index is 1110. The van der Waals surface area contributed by atoms with Gasteiger partial charge in [-0.25, -0.2) is 9.18 Å². The molecule has 0 bridgehead atoms. The van der Waals surface area contributed by atoms with E-state index >= 15 is 4.39 Å². The number of halogens is 1. The number of benzene rings is 1. The van der Waals surface area contributed by atoms with E-state index in [0.29, 0.717) is 11.4 Å². The highest BCUT2D eigenvalue weighted by molar-refractivity contribution is 6.62. The normalized spacial score (nSPS) is 22.0. The fraction of sp³-hybridized carbons (Fsp3) is 0.560. The molecule has 194 valence electrons. The van der Waals surface area contributed by atoms with Gasteiger partial charge in [-0.3, -0.25) is 9.69 Å². The Kier molecular flexibility index (Phi) is 6.68. The molecule has 11 heteroatoms. The van der Waals surface area contributed by atoms with E-state index in [0.717, 1.165) is 0 Å². The topological polar surface area (TPSA) is 100 Å². The molecule has 0 spiro atoms. The Morgan fingerprint density at radius 2 is 1.89 bits per heavy atom. The van der Waals surface area contributed by atoms with E-state index in [4.69, 9.17) is 23.3 Å². The maximum absolute atomic E-state index is 15.1. The van der Waals surface area contributed by atoms with Crippen LogP contribution in [0.5, 0.6) is 0 Å². The lowest BCUT2D eigenvalue weighted by atomic mass is 9.78. The summed E-state index contributed by atoms with van der Waals surface area (Å²) in [6, 6.07) is 6.00. The van der Waals surface area contributed by atoms with Crippen LogP contribution in [0.15, 0.2) is 35.1 Å². The first-order chi connectivity index (χ1) is 16.7. The standard InChI is InChI=1S/C25H32BFN2O7/c1-23(2,3)34-21(30)17(20-10-11-32-28-20)13-16-14-29(22(31)33-16)15-8-9-18(19(27)12-15)26-35-24(4,5)25(6,7)36-26/h8-12,16-17H,13-14H2,1-7H3/t16-,17?/m0/s1. The quantitative estimate of drug-likeness (QED) is 0.433. The Morgan fingerprint density at radius 3 is 2.44 bits per heavy atom. The molecular formula is C25H32BFN2O7. The molecule has 2 aliphatic heterocycles. The highest BCUT2D eigenvalue weighted by atomic mass is 19.1. The van der Waals surface area contributed by atoms with Gasteiger partial charge in [0.2, 0.25) is 0 Å². The van der Waals surface area contributed by atoms with Gasteiger partial charge in [-0.05, 0) is 60.6 Å². The number of cyclic esters (lactones) is 1. The summed E-state index contributed by atoms with van der Waals surface area (Å²) >= 11 is 0. The van der Waals surface area contributed by atoms with Crippen LogP contribution >= 0.6 is 0 Å². The van der Waals surface area contributed by atoms with Gasteiger partial charge in [0.15, 0.2) is 0 Å². The molecule has 1 aromatic carbocycles. The average molecular weight is 502 g/mol. The molecule has 9 nitrogen and oxygen atoms in total. The molecule has 4 rings (SSSR count). The minimum absolute atomic E-state index is 0.130. The van der Waals surface area contributed by atoms with E-state index in [9.17, 15) is 9.59 Å². The molecule has 2 saturated heterocycles. The molecular weight excluding hydrogens is 470 g/mol. The van der Waals surface area contributed by atoms with Gasteiger partial charge in [-0.1, -0.05) is 11.2 Å². The molecule has 1 amide bonds. The van der Waals surface area contributed by atoms with Crippen molar-refractivity contribution in [3.8, 4) is 0 Å². The molecule has 0 radical (unpaired) electrons. The molecule has 0 saturated carbocycles. The summed E-state index contributed by atoms with van der Waals surface area (Å²) in [5.41, 5.74) is -0.954. The molecule has 2 atom stereocenters. The van der Waals surface area contributed by atoms with Crippen LogP contribution in [0, 0.1) is 5.82 Å². The average Bonchev–Trinajstić information content (AvgIpc) is 3.43. The van der Waals surface area contributed by atoms with E-state index in [1.54, 1.807) is 39.0 Å². The number of aromatic nitrogens is 1. The molecule has 0 N–H and O–H groups in total. The molecule has 2 aliphatic rings. The SMILES string of the molecule is CC(C)(C)OC(=O)C(C[C@H]1CN(c2ccc(B3OC(C)(C)C(C)(C)O3)c(F)c2)C(=O)O1)c1ccon1. The summed E-state index contributed by atoms with van der Waals surface area (Å²) in [5.74, 6) is -1.84. The van der Waals surface area contributed by atoms with Crippen LogP contribution in [0.3, 0.4) is 0 Å². The third kappa shape index (κ3) is 5.27. The first-order valence-electron chi connectivity index (χ1n) is 11.9. The van der Waals surface area contributed by atoms with E-state index in [-0.39, 0.29) is 18.4 Å². The highest BCUT2D eigenvalue weighted by Gasteiger charge is 2.52. The van der Waals surface area contributed by atoms with Gasteiger partial charge in [0.25, 0.3) is 0 Å². The number of hydrogen-bond donors (Lipinski definition) is 0. The summed E-state index contributed by atoms with van der Waals surface area (Å²) in [4.78, 5) is 26.8. The van der Waals surface area contributed by atoms with Crippen LogP contribution in [0.25, 0.3) is 0 Å². The van der Waals surface area contributed by atoms with Gasteiger partial charge in [0.05, 0.1) is 29.1 Å². The third-order valence-electron chi connectivity index (χ3n) is 6.68. The van der Waals surface area contributed by atoms with Gasteiger partial charge in [0, 0.05) is 17.9 Å². The molecule has 1 unspecified atom stereocenters. The van der Waals surface area contributed by atoms with Crippen LogP contribution in [-0.2, 0) is 23.6 Å². The van der Waals surface area contributed by atoms with Gasteiger partial charge in [-0.2, -0.15) is 0 Å². The van der Waals surface area contributed by atoms with Crippen molar-refractivity contribution >= 4 is 30.3 Å². The van der Waals surface area contributed by atoms with Crippen LogP contribution < -0.4 is 10.4 Å². The predicted molar refractivity (Wildman–Crippen MR) is 129 cm³/mol. The van der Waals surface area contributed by atoms with E-state index in [1.807, 2.05) is 27.7 Å². The smallest absolute Gasteiger partial charge is 0.459 e. The van der Waals surface area contributed by atoms with E-state index in [1.165, 1.54) is 17.2 Å². The number of ether oxygens (including phenoxy) is 2. The van der Waals surface area contributed by atoms with E-state index in [2.05, 4.69) is 5.16 Å². The fourth-order valence-electron chi connectivity index (χ4n) is 4.08. The Balaban J connectivity index is 1.48. The number of rotatable bonds is 6.